The summed E-state index contributed by atoms with van der Waals surface area (Å²) >= 11 is 11.5. The molecule has 0 bridgehead atoms. The maximum atomic E-state index is 11.7. The number of hydrogen-bond donors (Lipinski definition) is 1. The Morgan fingerprint density at radius 3 is 2.50 bits per heavy atom. The number of hydrogen-bond acceptors (Lipinski definition) is 3. The molecule has 0 saturated heterocycles. The number of halogens is 2. The van der Waals surface area contributed by atoms with Gasteiger partial charge in [0, 0.05) is 5.02 Å². The Balaban J connectivity index is 2.73. The SMILES string of the molecule is C[N+](C)(C)CCOC(=O)c1cc(Cl)cc(Cl)c1O. The molecular formula is C12H16Cl2NO3+. The fourth-order valence-corrected chi connectivity index (χ4v) is 1.70. The minimum Gasteiger partial charge on any atom is -0.505 e. The third-order valence-corrected chi connectivity index (χ3v) is 2.75. The number of esters is 1. The number of quaternary nitrogens is 1. The van der Waals surface area contributed by atoms with Crippen molar-refractivity contribution in [1.82, 2.24) is 0 Å². The van der Waals surface area contributed by atoms with Crippen LogP contribution in [0.2, 0.25) is 10.0 Å². The summed E-state index contributed by atoms with van der Waals surface area (Å²) in [6.07, 6.45) is 0. The Morgan fingerprint density at radius 2 is 1.94 bits per heavy atom. The molecule has 0 aliphatic rings. The van der Waals surface area contributed by atoms with Gasteiger partial charge < -0.3 is 14.3 Å². The van der Waals surface area contributed by atoms with Gasteiger partial charge in [-0.2, -0.15) is 0 Å². The van der Waals surface area contributed by atoms with Crippen LogP contribution < -0.4 is 0 Å². The molecule has 0 heterocycles. The van der Waals surface area contributed by atoms with Crippen LogP contribution in [0.25, 0.3) is 0 Å². The topological polar surface area (TPSA) is 46.5 Å². The Labute approximate surface area is 116 Å². The Hall–Kier alpha value is -0.970. The van der Waals surface area contributed by atoms with E-state index >= 15 is 0 Å². The van der Waals surface area contributed by atoms with Crippen molar-refractivity contribution in [1.29, 1.82) is 0 Å². The van der Waals surface area contributed by atoms with Crippen molar-refractivity contribution < 1.29 is 19.1 Å². The molecule has 0 aliphatic carbocycles. The van der Waals surface area contributed by atoms with E-state index < -0.39 is 5.97 Å². The highest BCUT2D eigenvalue weighted by Crippen LogP contribution is 2.31. The van der Waals surface area contributed by atoms with E-state index in [1.807, 2.05) is 21.1 Å². The lowest BCUT2D eigenvalue weighted by molar-refractivity contribution is -0.870. The second-order valence-electron chi connectivity index (χ2n) is 4.93. The average Bonchev–Trinajstić information content (AvgIpc) is 2.21. The number of nitrogens with zero attached hydrogens (tertiary/aromatic N) is 1. The van der Waals surface area contributed by atoms with Crippen molar-refractivity contribution >= 4 is 29.2 Å². The van der Waals surface area contributed by atoms with Gasteiger partial charge in [-0.25, -0.2) is 4.79 Å². The molecule has 0 fully saturated rings. The van der Waals surface area contributed by atoms with Crippen LogP contribution in [0.15, 0.2) is 12.1 Å². The highest BCUT2D eigenvalue weighted by atomic mass is 35.5. The van der Waals surface area contributed by atoms with E-state index in [9.17, 15) is 9.90 Å². The van der Waals surface area contributed by atoms with Gasteiger partial charge in [-0.3, -0.25) is 0 Å². The van der Waals surface area contributed by atoms with Crippen LogP contribution in [0.4, 0.5) is 0 Å². The third kappa shape index (κ3) is 4.37. The number of phenols is 1. The van der Waals surface area contributed by atoms with E-state index in [-0.39, 0.29) is 28.0 Å². The number of ether oxygens (including phenoxy) is 1. The first-order chi connectivity index (χ1) is 8.20. The molecule has 1 rings (SSSR count). The van der Waals surface area contributed by atoms with Crippen LogP contribution in [0.1, 0.15) is 10.4 Å². The van der Waals surface area contributed by atoms with E-state index in [1.165, 1.54) is 12.1 Å². The van der Waals surface area contributed by atoms with E-state index in [2.05, 4.69) is 0 Å². The van der Waals surface area contributed by atoms with Gasteiger partial charge >= 0.3 is 5.97 Å². The van der Waals surface area contributed by atoms with Crippen LogP contribution in [0, 0.1) is 0 Å². The van der Waals surface area contributed by atoms with Gasteiger partial charge in [-0.1, -0.05) is 23.2 Å². The third-order valence-electron chi connectivity index (χ3n) is 2.24. The van der Waals surface area contributed by atoms with Crippen LogP contribution in [-0.2, 0) is 4.74 Å². The molecule has 1 aromatic carbocycles. The number of carbonyl (C=O) groups is 1. The summed E-state index contributed by atoms with van der Waals surface area (Å²) in [5, 5.41) is 9.96. The molecule has 4 nitrogen and oxygen atoms in total. The number of phenolic OH excluding ortho intramolecular Hbond substituents is 1. The van der Waals surface area contributed by atoms with Crippen molar-refractivity contribution in [3.63, 3.8) is 0 Å². The zero-order chi connectivity index (χ0) is 13.9. The molecule has 0 aromatic heterocycles. The smallest absolute Gasteiger partial charge is 0.342 e. The maximum Gasteiger partial charge on any atom is 0.342 e. The average molecular weight is 293 g/mol. The summed E-state index contributed by atoms with van der Waals surface area (Å²) in [7, 11) is 5.96. The molecule has 18 heavy (non-hydrogen) atoms. The molecule has 1 N–H and O–H groups in total. The standard InChI is InChI=1S/C12H15Cl2NO3/c1-15(2,3)4-5-18-12(17)9-6-8(13)7-10(14)11(9)16/h6-7H,4-5H2,1-3H3/p+1. The second kappa shape index (κ2) is 5.78. The first kappa shape index (κ1) is 15.1. The van der Waals surface area contributed by atoms with Gasteiger partial charge in [0.25, 0.3) is 0 Å². The molecule has 100 valence electrons. The highest BCUT2D eigenvalue weighted by Gasteiger charge is 2.17. The molecule has 0 aliphatic heterocycles. The van der Waals surface area contributed by atoms with Gasteiger partial charge in [0.2, 0.25) is 0 Å². The normalized spacial score (nSPS) is 11.4. The van der Waals surface area contributed by atoms with Crippen LogP contribution in [0.3, 0.4) is 0 Å². The quantitative estimate of drug-likeness (QED) is 0.685. The molecular weight excluding hydrogens is 277 g/mol. The fourth-order valence-electron chi connectivity index (χ4n) is 1.21. The Kier molecular flexibility index (Phi) is 4.85. The number of rotatable bonds is 4. The lowest BCUT2D eigenvalue weighted by Crippen LogP contribution is -2.38. The maximum absolute atomic E-state index is 11.7. The van der Waals surface area contributed by atoms with Crippen LogP contribution in [-0.4, -0.2) is 49.9 Å². The van der Waals surface area contributed by atoms with Gasteiger partial charge in [-0.05, 0) is 12.1 Å². The second-order valence-corrected chi connectivity index (χ2v) is 5.78. The molecule has 0 unspecified atom stereocenters. The molecule has 0 saturated carbocycles. The van der Waals surface area contributed by atoms with Crippen molar-refractivity contribution in [2.24, 2.45) is 0 Å². The first-order valence-electron chi connectivity index (χ1n) is 5.36. The Morgan fingerprint density at radius 1 is 1.33 bits per heavy atom. The minimum absolute atomic E-state index is 0.0195. The van der Waals surface area contributed by atoms with Crippen molar-refractivity contribution in [3.8, 4) is 5.75 Å². The van der Waals surface area contributed by atoms with Crippen molar-refractivity contribution in [3.05, 3.63) is 27.7 Å². The van der Waals surface area contributed by atoms with Gasteiger partial charge in [0.05, 0.1) is 26.2 Å². The van der Waals surface area contributed by atoms with Crippen LogP contribution in [0.5, 0.6) is 5.75 Å². The Bertz CT molecular complexity index is 455. The summed E-state index contributed by atoms with van der Waals surface area (Å²) in [6, 6.07) is 2.69. The summed E-state index contributed by atoms with van der Waals surface area (Å²) in [6.45, 7) is 0.923. The van der Waals surface area contributed by atoms with E-state index in [0.29, 0.717) is 11.0 Å². The first-order valence-corrected chi connectivity index (χ1v) is 6.12. The minimum atomic E-state index is -0.634. The lowest BCUT2D eigenvalue weighted by atomic mass is 10.2. The van der Waals surface area contributed by atoms with Crippen LogP contribution >= 0.6 is 23.2 Å². The monoisotopic (exact) mass is 292 g/mol. The molecule has 0 spiro atoms. The summed E-state index contributed by atoms with van der Waals surface area (Å²) in [5.41, 5.74) is -0.0195. The molecule has 0 atom stereocenters. The van der Waals surface area contributed by atoms with Gasteiger partial charge in [0.15, 0.2) is 0 Å². The van der Waals surface area contributed by atoms with E-state index in [1.54, 1.807) is 0 Å². The molecule has 6 heteroatoms. The summed E-state index contributed by atoms with van der Waals surface area (Å²) in [5.74, 6) is -0.943. The fraction of sp³-hybridized carbons (Fsp3) is 0.417. The zero-order valence-corrected chi connectivity index (χ0v) is 12.0. The summed E-state index contributed by atoms with van der Waals surface area (Å²) < 4.78 is 5.74. The number of carbonyl (C=O) groups excluding carboxylic acids is 1. The van der Waals surface area contributed by atoms with Gasteiger partial charge in [-0.15, -0.1) is 0 Å². The van der Waals surface area contributed by atoms with Gasteiger partial charge in [0.1, 0.15) is 24.5 Å². The highest BCUT2D eigenvalue weighted by molar-refractivity contribution is 6.36. The van der Waals surface area contributed by atoms with E-state index in [4.69, 9.17) is 27.9 Å². The lowest BCUT2D eigenvalue weighted by Gasteiger charge is -2.23. The largest absolute Gasteiger partial charge is 0.505 e. The van der Waals surface area contributed by atoms with Crippen molar-refractivity contribution in [2.75, 3.05) is 34.3 Å². The predicted molar refractivity (Wildman–Crippen MR) is 71.3 cm³/mol. The summed E-state index contributed by atoms with van der Waals surface area (Å²) in [4.78, 5) is 11.7. The zero-order valence-electron chi connectivity index (χ0n) is 10.5. The number of benzene rings is 1. The predicted octanol–water partition coefficient (Wildman–Crippen LogP) is 2.56. The molecule has 1 aromatic rings. The number of aromatic hydroxyl groups is 1. The number of likely N-dealkylation sites (N-methyl/N-ethyl adjacent to an activating group) is 1. The van der Waals surface area contributed by atoms with E-state index in [0.717, 1.165) is 0 Å². The molecule has 0 radical (unpaired) electrons. The van der Waals surface area contributed by atoms with Crippen molar-refractivity contribution in [2.45, 2.75) is 0 Å². The molecule has 0 amide bonds.